The van der Waals surface area contributed by atoms with Crippen LogP contribution in [0.4, 0.5) is 5.82 Å². The number of nitrogens with zero attached hydrogens (tertiary/aromatic N) is 5. The van der Waals surface area contributed by atoms with E-state index in [4.69, 9.17) is 4.78 Å². The molecule has 0 unspecified atom stereocenters. The lowest BCUT2D eigenvalue weighted by Crippen LogP contribution is -2.18. The molecule has 134 valence electrons. The van der Waals surface area contributed by atoms with Crippen molar-refractivity contribution in [1.82, 2.24) is 14.6 Å². The molecule has 7 nitrogen and oxygen atoms in total. The van der Waals surface area contributed by atoms with E-state index in [1.807, 2.05) is 38.1 Å². The van der Waals surface area contributed by atoms with Crippen LogP contribution in [0.3, 0.4) is 0 Å². The highest BCUT2D eigenvalue weighted by molar-refractivity contribution is 7.91. The second-order valence-corrected chi connectivity index (χ2v) is 8.63. The van der Waals surface area contributed by atoms with Crippen molar-refractivity contribution in [2.24, 2.45) is 0 Å². The molecule has 3 rings (SSSR count). The fourth-order valence-corrected chi connectivity index (χ4v) is 3.71. The molecule has 1 N–H and O–H groups in total. The van der Waals surface area contributed by atoms with E-state index in [-0.39, 0.29) is 0 Å². The molecular formula is C18H20N6OS. The third-order valence-corrected chi connectivity index (χ3v) is 5.53. The van der Waals surface area contributed by atoms with Crippen LogP contribution in [-0.4, -0.2) is 39.2 Å². The van der Waals surface area contributed by atoms with E-state index < -0.39 is 9.73 Å². The first-order valence-corrected chi connectivity index (χ1v) is 9.96. The number of hydrogen-bond donors (Lipinski definition) is 1. The van der Waals surface area contributed by atoms with Crippen LogP contribution in [0.5, 0.6) is 0 Å². The van der Waals surface area contributed by atoms with E-state index in [1.165, 1.54) is 12.6 Å². The highest BCUT2D eigenvalue weighted by Gasteiger charge is 2.20. The average Bonchev–Trinajstić information content (AvgIpc) is 3.03. The Kier molecular flexibility index (Phi) is 4.42. The first-order chi connectivity index (χ1) is 12.2. The Hall–Kier alpha value is -2.92. The minimum Gasteiger partial charge on any atom is -0.362 e. The Bertz CT molecular complexity index is 1120. The molecule has 0 saturated heterocycles. The number of nitriles is 1. The van der Waals surface area contributed by atoms with Gasteiger partial charge in [0.15, 0.2) is 5.65 Å². The molecule has 0 bridgehead atoms. The summed E-state index contributed by atoms with van der Waals surface area (Å²) < 4.78 is 21.2. The van der Waals surface area contributed by atoms with Crippen LogP contribution in [0, 0.1) is 23.0 Å². The number of nitrogens with one attached hydrogen (secondary N) is 1. The van der Waals surface area contributed by atoms with Gasteiger partial charge in [-0.3, -0.25) is 0 Å². The van der Waals surface area contributed by atoms with Crippen molar-refractivity contribution < 1.29 is 4.21 Å². The lowest BCUT2D eigenvalue weighted by atomic mass is 9.98. The smallest absolute Gasteiger partial charge is 0.175 e. The standard InChI is InChI=1S/C18H20N6OS/c1-12-15(9-13-5-7-14(8-6-13)26(4,20)25)18(23(2)3)24-17(16(12)10-19)21-11-22-24/h5-8,11,20H,9H2,1-4H3/t26-/m1/s1. The van der Waals surface area contributed by atoms with E-state index >= 15 is 0 Å². The lowest BCUT2D eigenvalue weighted by Gasteiger charge is -2.21. The molecule has 0 aliphatic rings. The lowest BCUT2D eigenvalue weighted by molar-refractivity contribution is 0.679. The molecule has 0 spiro atoms. The van der Waals surface area contributed by atoms with Gasteiger partial charge in [0.05, 0.1) is 9.73 Å². The zero-order valence-electron chi connectivity index (χ0n) is 15.1. The highest BCUT2D eigenvalue weighted by Crippen LogP contribution is 2.29. The maximum absolute atomic E-state index is 11.9. The van der Waals surface area contributed by atoms with Crippen LogP contribution in [-0.2, 0) is 16.1 Å². The van der Waals surface area contributed by atoms with Gasteiger partial charge >= 0.3 is 0 Å². The number of aromatic nitrogens is 3. The van der Waals surface area contributed by atoms with Gasteiger partial charge in [0.25, 0.3) is 0 Å². The number of rotatable bonds is 4. The largest absolute Gasteiger partial charge is 0.362 e. The number of anilines is 1. The summed E-state index contributed by atoms with van der Waals surface area (Å²) in [6.45, 7) is 1.92. The summed E-state index contributed by atoms with van der Waals surface area (Å²) >= 11 is 0. The molecule has 2 heterocycles. The Morgan fingerprint density at radius 1 is 1.31 bits per heavy atom. The summed E-state index contributed by atoms with van der Waals surface area (Å²) in [6, 6.07) is 9.46. The van der Waals surface area contributed by atoms with E-state index in [9.17, 15) is 9.47 Å². The molecule has 1 atom stereocenters. The number of fused-ring (bicyclic) bond motifs is 1. The molecule has 0 fully saturated rings. The number of hydrogen-bond acceptors (Lipinski definition) is 6. The van der Waals surface area contributed by atoms with Gasteiger partial charge in [0.2, 0.25) is 0 Å². The predicted molar refractivity (Wildman–Crippen MR) is 101 cm³/mol. The normalized spacial score (nSPS) is 13.3. The van der Waals surface area contributed by atoms with Gasteiger partial charge in [-0.15, -0.1) is 0 Å². The minimum absolute atomic E-state index is 0.509. The fraction of sp³-hybridized carbons (Fsp3) is 0.278. The zero-order valence-corrected chi connectivity index (χ0v) is 16.0. The topological polar surface area (TPSA) is 98.1 Å². The Morgan fingerprint density at radius 3 is 2.50 bits per heavy atom. The van der Waals surface area contributed by atoms with Crippen LogP contribution in [0.1, 0.15) is 22.3 Å². The van der Waals surface area contributed by atoms with Crippen molar-refractivity contribution in [2.75, 3.05) is 25.3 Å². The molecule has 8 heteroatoms. The number of pyridine rings is 1. The average molecular weight is 368 g/mol. The third-order valence-electron chi connectivity index (χ3n) is 4.36. The quantitative estimate of drug-likeness (QED) is 0.763. The van der Waals surface area contributed by atoms with Crippen LogP contribution in [0.15, 0.2) is 35.5 Å². The van der Waals surface area contributed by atoms with Crippen LogP contribution in [0.25, 0.3) is 5.65 Å². The van der Waals surface area contributed by atoms with Gasteiger partial charge in [0, 0.05) is 37.2 Å². The van der Waals surface area contributed by atoms with Crippen molar-refractivity contribution >= 4 is 21.2 Å². The highest BCUT2D eigenvalue weighted by atomic mass is 32.2. The first-order valence-electron chi connectivity index (χ1n) is 7.99. The molecule has 0 amide bonds. The monoisotopic (exact) mass is 368 g/mol. The molecule has 0 aliphatic carbocycles. The van der Waals surface area contributed by atoms with E-state index in [0.29, 0.717) is 22.5 Å². The van der Waals surface area contributed by atoms with Gasteiger partial charge in [-0.1, -0.05) is 12.1 Å². The summed E-state index contributed by atoms with van der Waals surface area (Å²) in [5, 5.41) is 13.9. The summed E-state index contributed by atoms with van der Waals surface area (Å²) in [5.74, 6) is 0.873. The molecule has 3 aromatic rings. The van der Waals surface area contributed by atoms with E-state index in [0.717, 1.165) is 22.5 Å². The van der Waals surface area contributed by atoms with Crippen molar-refractivity contribution in [2.45, 2.75) is 18.2 Å². The molecule has 0 saturated carbocycles. The summed E-state index contributed by atoms with van der Waals surface area (Å²) in [5.41, 5.74) is 3.93. The molecule has 26 heavy (non-hydrogen) atoms. The molecule has 0 aliphatic heterocycles. The molecule has 0 radical (unpaired) electrons. The minimum atomic E-state index is -2.73. The van der Waals surface area contributed by atoms with Gasteiger partial charge in [0.1, 0.15) is 23.8 Å². The molecule has 2 aromatic heterocycles. The fourth-order valence-electron chi connectivity index (χ4n) is 3.06. The number of benzene rings is 1. The Labute approximate surface area is 152 Å². The predicted octanol–water partition coefficient (Wildman–Crippen LogP) is 2.60. The molecular weight excluding hydrogens is 348 g/mol. The van der Waals surface area contributed by atoms with Crippen molar-refractivity contribution in [3.8, 4) is 6.07 Å². The second kappa shape index (κ2) is 6.42. The van der Waals surface area contributed by atoms with Crippen LogP contribution < -0.4 is 4.90 Å². The SMILES string of the molecule is Cc1c(Cc2ccc([S@](C)(=N)=O)cc2)c(N(C)C)n2ncnc2c1C#N. The maximum Gasteiger partial charge on any atom is 0.175 e. The van der Waals surface area contributed by atoms with E-state index in [1.54, 1.807) is 16.6 Å². The van der Waals surface area contributed by atoms with Crippen LogP contribution in [0.2, 0.25) is 0 Å². The van der Waals surface area contributed by atoms with Crippen LogP contribution >= 0.6 is 0 Å². The summed E-state index contributed by atoms with van der Waals surface area (Å²) in [4.78, 5) is 6.70. The zero-order chi connectivity index (χ0) is 19.1. The van der Waals surface area contributed by atoms with Gasteiger partial charge in [-0.2, -0.15) is 14.9 Å². The van der Waals surface area contributed by atoms with E-state index in [2.05, 4.69) is 16.2 Å². The third kappa shape index (κ3) is 3.02. The Balaban J connectivity index is 2.17. The van der Waals surface area contributed by atoms with Gasteiger partial charge in [-0.25, -0.2) is 14.0 Å². The molecule has 1 aromatic carbocycles. The Morgan fingerprint density at radius 2 is 1.96 bits per heavy atom. The van der Waals surface area contributed by atoms with Gasteiger partial charge < -0.3 is 4.90 Å². The second-order valence-electron chi connectivity index (χ2n) is 6.47. The maximum atomic E-state index is 11.9. The first kappa shape index (κ1) is 17.9. The van der Waals surface area contributed by atoms with Crippen molar-refractivity contribution in [1.29, 1.82) is 10.0 Å². The summed E-state index contributed by atoms with van der Waals surface area (Å²) in [6.07, 6.45) is 3.45. The van der Waals surface area contributed by atoms with Gasteiger partial charge in [-0.05, 0) is 30.2 Å². The van der Waals surface area contributed by atoms with Crippen molar-refractivity contribution in [3.63, 3.8) is 0 Å². The summed E-state index contributed by atoms with van der Waals surface area (Å²) in [7, 11) is 1.13. The van der Waals surface area contributed by atoms with Crippen molar-refractivity contribution in [3.05, 3.63) is 52.8 Å².